The second-order valence-corrected chi connectivity index (χ2v) is 12.3. The van der Waals surface area contributed by atoms with Crippen molar-refractivity contribution < 1.29 is 23.6 Å². The van der Waals surface area contributed by atoms with E-state index in [4.69, 9.17) is 0 Å². The molecular formula is C31H41FN8O4. The summed E-state index contributed by atoms with van der Waals surface area (Å²) in [5, 5.41) is 8.59. The molecule has 3 N–H and O–H groups in total. The molecule has 4 amide bonds. The summed E-state index contributed by atoms with van der Waals surface area (Å²) < 4.78 is 15.2. The van der Waals surface area contributed by atoms with Gasteiger partial charge in [0.05, 0.1) is 12.6 Å². The van der Waals surface area contributed by atoms with Crippen LogP contribution in [0, 0.1) is 11.2 Å². The topological polar surface area (TPSA) is 141 Å². The van der Waals surface area contributed by atoms with E-state index in [1.165, 1.54) is 19.1 Å². The van der Waals surface area contributed by atoms with Gasteiger partial charge in [0.25, 0.3) is 5.91 Å². The minimum absolute atomic E-state index is 0.0529. The summed E-state index contributed by atoms with van der Waals surface area (Å²) in [6.07, 6.45) is 5.81. The summed E-state index contributed by atoms with van der Waals surface area (Å²) in [6.45, 7) is 7.77. The van der Waals surface area contributed by atoms with Crippen LogP contribution in [-0.4, -0.2) is 99.1 Å². The molecule has 0 aliphatic carbocycles. The van der Waals surface area contributed by atoms with E-state index in [0.717, 1.165) is 5.56 Å². The number of fused-ring (bicyclic) bond motifs is 1. The van der Waals surface area contributed by atoms with Gasteiger partial charge in [-0.1, -0.05) is 32.9 Å². The minimum atomic E-state index is -0.838. The van der Waals surface area contributed by atoms with Gasteiger partial charge in [-0.15, -0.1) is 0 Å². The van der Waals surface area contributed by atoms with E-state index >= 15 is 0 Å². The summed E-state index contributed by atoms with van der Waals surface area (Å²) in [6, 6.07) is 6.20. The number of carbonyl (C=O) groups is 4. The van der Waals surface area contributed by atoms with Crippen molar-refractivity contribution in [3.05, 3.63) is 66.0 Å². The van der Waals surface area contributed by atoms with Gasteiger partial charge in [0.15, 0.2) is 0 Å². The number of nitrogens with zero attached hydrogens (tertiary/aromatic N) is 5. The Morgan fingerprint density at radius 1 is 1.16 bits per heavy atom. The third-order valence-electron chi connectivity index (χ3n) is 7.62. The van der Waals surface area contributed by atoms with Gasteiger partial charge in [0.2, 0.25) is 23.5 Å². The third-order valence-corrected chi connectivity index (χ3v) is 7.62. The van der Waals surface area contributed by atoms with Gasteiger partial charge in [-0.2, -0.15) is 0 Å². The molecule has 0 bridgehead atoms. The summed E-state index contributed by atoms with van der Waals surface area (Å²) in [5.74, 6) is -1.14. The Balaban J connectivity index is 1.64. The fourth-order valence-electron chi connectivity index (χ4n) is 5.48. The highest BCUT2D eigenvalue weighted by molar-refractivity contribution is 5.93. The number of aromatic nitrogens is 3. The summed E-state index contributed by atoms with van der Waals surface area (Å²) in [4.78, 5) is 64.6. The van der Waals surface area contributed by atoms with E-state index in [9.17, 15) is 23.6 Å². The number of halogens is 1. The van der Waals surface area contributed by atoms with E-state index in [2.05, 4.69) is 25.9 Å². The van der Waals surface area contributed by atoms with Gasteiger partial charge in [-0.05, 0) is 49.1 Å². The standard InChI is InChI=1S/C31H41FN8O4/c1-20(41)35-23-15-24(40(17-23)29(44)27(31(2,3)4)37-26(42)16-33-5)18-38(14-11-21-7-9-22(32)10-8-21)28(43)25-19-39-13-6-12-34-30(39)36-25/h6-10,12-13,19,23-24,27,33H,11,14-18H2,1-5H3,(H,35,41)(H,37,42)/t23-,24-,27+/m0/s1. The van der Waals surface area contributed by atoms with Crippen LogP contribution >= 0.6 is 0 Å². The lowest BCUT2D eigenvalue weighted by Crippen LogP contribution is -2.58. The van der Waals surface area contributed by atoms with Crippen molar-refractivity contribution in [2.24, 2.45) is 5.41 Å². The maximum atomic E-state index is 14.1. The number of likely N-dealkylation sites (N-methyl/N-ethyl adjacent to an activating group) is 1. The Kier molecular flexibility index (Phi) is 10.3. The monoisotopic (exact) mass is 608 g/mol. The zero-order valence-electron chi connectivity index (χ0n) is 25.8. The van der Waals surface area contributed by atoms with Crippen molar-refractivity contribution in [2.45, 2.75) is 58.7 Å². The number of likely N-dealkylation sites (tertiary alicyclic amines) is 1. The van der Waals surface area contributed by atoms with Crippen LogP contribution < -0.4 is 16.0 Å². The average molecular weight is 609 g/mol. The average Bonchev–Trinajstić information content (AvgIpc) is 3.57. The number of rotatable bonds is 11. The Labute approximate surface area is 256 Å². The van der Waals surface area contributed by atoms with Crippen LogP contribution in [0.1, 0.15) is 50.2 Å². The second-order valence-electron chi connectivity index (χ2n) is 12.3. The van der Waals surface area contributed by atoms with Crippen molar-refractivity contribution >= 4 is 29.4 Å². The summed E-state index contributed by atoms with van der Waals surface area (Å²) >= 11 is 0. The number of hydrogen-bond acceptors (Lipinski definition) is 7. The van der Waals surface area contributed by atoms with E-state index < -0.39 is 17.5 Å². The molecular weight excluding hydrogens is 567 g/mol. The zero-order valence-corrected chi connectivity index (χ0v) is 25.8. The van der Waals surface area contributed by atoms with Crippen molar-refractivity contribution in [3.63, 3.8) is 0 Å². The van der Waals surface area contributed by atoms with Crippen molar-refractivity contribution in [2.75, 3.05) is 33.2 Å². The highest BCUT2D eigenvalue weighted by atomic mass is 19.1. The molecule has 2 aromatic heterocycles. The highest BCUT2D eigenvalue weighted by Crippen LogP contribution is 2.27. The van der Waals surface area contributed by atoms with Crippen LogP contribution in [0.2, 0.25) is 0 Å². The SMILES string of the molecule is CNCC(=O)N[C@H](C(=O)N1C[C@@H](NC(C)=O)C[C@H]1CN(CCc1ccc(F)cc1)C(=O)c1cn2cccnc2n1)C(C)(C)C. The normalized spacial score (nSPS) is 17.4. The van der Waals surface area contributed by atoms with E-state index in [1.54, 1.807) is 58.0 Å². The predicted octanol–water partition coefficient (Wildman–Crippen LogP) is 1.41. The Morgan fingerprint density at radius 3 is 2.52 bits per heavy atom. The molecule has 0 radical (unpaired) electrons. The fourth-order valence-corrected chi connectivity index (χ4v) is 5.48. The molecule has 236 valence electrons. The van der Waals surface area contributed by atoms with Gasteiger partial charge in [-0.3, -0.25) is 23.6 Å². The van der Waals surface area contributed by atoms with Crippen molar-refractivity contribution in [1.29, 1.82) is 0 Å². The van der Waals surface area contributed by atoms with Gasteiger partial charge >= 0.3 is 0 Å². The molecule has 1 aromatic carbocycles. The summed E-state index contributed by atoms with van der Waals surface area (Å²) in [7, 11) is 1.65. The smallest absolute Gasteiger partial charge is 0.274 e. The van der Waals surface area contributed by atoms with E-state index in [1.807, 2.05) is 20.8 Å². The number of imidazole rings is 1. The van der Waals surface area contributed by atoms with Crippen LogP contribution in [0.5, 0.6) is 0 Å². The first-order valence-corrected chi connectivity index (χ1v) is 14.7. The minimum Gasteiger partial charge on any atom is -0.352 e. The number of carbonyl (C=O) groups excluding carboxylic acids is 4. The maximum Gasteiger partial charge on any atom is 0.274 e. The number of nitrogens with one attached hydrogen (secondary N) is 3. The molecule has 1 saturated heterocycles. The lowest BCUT2D eigenvalue weighted by molar-refractivity contribution is -0.140. The Morgan fingerprint density at radius 2 is 1.89 bits per heavy atom. The quantitative estimate of drug-likeness (QED) is 0.299. The van der Waals surface area contributed by atoms with E-state index in [0.29, 0.717) is 18.6 Å². The fraction of sp³-hybridized carbons (Fsp3) is 0.484. The molecule has 1 fully saturated rings. The molecule has 3 heterocycles. The third kappa shape index (κ3) is 8.16. The largest absolute Gasteiger partial charge is 0.352 e. The van der Waals surface area contributed by atoms with Crippen molar-refractivity contribution in [3.8, 4) is 0 Å². The first-order valence-electron chi connectivity index (χ1n) is 14.7. The van der Waals surface area contributed by atoms with E-state index in [-0.39, 0.29) is 67.4 Å². The first-order chi connectivity index (χ1) is 20.8. The Hall–Kier alpha value is -4.39. The molecule has 1 aliphatic rings. The molecule has 12 nitrogen and oxygen atoms in total. The molecule has 0 spiro atoms. The van der Waals surface area contributed by atoms with Crippen LogP contribution in [0.15, 0.2) is 48.9 Å². The number of hydrogen-bond donors (Lipinski definition) is 3. The predicted molar refractivity (Wildman–Crippen MR) is 162 cm³/mol. The van der Waals surface area contributed by atoms with Gasteiger partial charge in [0, 0.05) is 51.2 Å². The molecule has 44 heavy (non-hydrogen) atoms. The van der Waals surface area contributed by atoms with Gasteiger partial charge < -0.3 is 25.8 Å². The number of benzene rings is 1. The van der Waals surface area contributed by atoms with Crippen molar-refractivity contribution in [1.82, 2.24) is 40.1 Å². The van der Waals surface area contributed by atoms with Gasteiger partial charge in [0.1, 0.15) is 17.6 Å². The Bertz CT molecular complexity index is 1450. The maximum absolute atomic E-state index is 14.1. The van der Waals surface area contributed by atoms with Crippen LogP contribution in [0.25, 0.3) is 5.78 Å². The molecule has 0 unspecified atom stereocenters. The van der Waals surface area contributed by atoms with Gasteiger partial charge in [-0.25, -0.2) is 14.4 Å². The highest BCUT2D eigenvalue weighted by Gasteiger charge is 2.43. The summed E-state index contributed by atoms with van der Waals surface area (Å²) in [5.41, 5.74) is 0.430. The zero-order chi connectivity index (χ0) is 32.0. The molecule has 0 saturated carbocycles. The lowest BCUT2D eigenvalue weighted by Gasteiger charge is -2.37. The molecule has 1 aliphatic heterocycles. The second kappa shape index (κ2) is 13.9. The van der Waals surface area contributed by atoms with Crippen LogP contribution in [0.4, 0.5) is 4.39 Å². The molecule has 4 rings (SSSR count). The molecule has 13 heteroatoms. The van der Waals surface area contributed by atoms with Crippen LogP contribution in [0.3, 0.4) is 0 Å². The molecule has 3 aromatic rings. The first kappa shape index (κ1) is 32.5. The lowest BCUT2D eigenvalue weighted by atomic mass is 9.85. The van der Waals surface area contributed by atoms with Crippen LogP contribution in [-0.2, 0) is 20.8 Å². The number of amides is 4. The molecule has 3 atom stereocenters.